The summed E-state index contributed by atoms with van der Waals surface area (Å²) < 4.78 is 0. The van der Waals surface area contributed by atoms with Gasteiger partial charge >= 0.3 is 5.97 Å². The van der Waals surface area contributed by atoms with Gasteiger partial charge in [-0.25, -0.2) is 0 Å². The number of nitrogens with zero attached hydrogens (tertiary/aromatic N) is 1. The van der Waals surface area contributed by atoms with Crippen molar-refractivity contribution in [1.82, 2.24) is 4.90 Å². The van der Waals surface area contributed by atoms with Gasteiger partial charge in [0, 0.05) is 18.5 Å². The first-order chi connectivity index (χ1) is 10.0. The summed E-state index contributed by atoms with van der Waals surface area (Å²) in [5.41, 5.74) is 0. The van der Waals surface area contributed by atoms with Crippen molar-refractivity contribution in [2.24, 2.45) is 11.8 Å². The van der Waals surface area contributed by atoms with E-state index < -0.39 is 11.9 Å². The van der Waals surface area contributed by atoms with Crippen LogP contribution in [-0.2, 0) is 9.59 Å². The van der Waals surface area contributed by atoms with E-state index in [0.29, 0.717) is 6.54 Å². The zero-order valence-corrected chi connectivity index (χ0v) is 13.8. The number of hydrogen-bond donors (Lipinski definition) is 1. The highest BCUT2D eigenvalue weighted by molar-refractivity contribution is 5.80. The molecule has 4 nitrogen and oxygen atoms in total. The molecule has 0 saturated heterocycles. The Kier molecular flexibility index (Phi) is 7.76. The number of aliphatic carboxylic acids is 1. The van der Waals surface area contributed by atoms with Crippen LogP contribution in [0.5, 0.6) is 0 Å². The SMILES string of the molecule is CCC(CC)C(=O)N(CC(C)C(=O)O)C1CCCCCC1. The Balaban J connectivity index is 2.86. The Hall–Kier alpha value is -1.06. The van der Waals surface area contributed by atoms with Crippen LogP contribution in [-0.4, -0.2) is 34.5 Å². The van der Waals surface area contributed by atoms with Crippen molar-refractivity contribution in [1.29, 1.82) is 0 Å². The van der Waals surface area contributed by atoms with Gasteiger partial charge in [0.1, 0.15) is 0 Å². The molecule has 0 spiro atoms. The number of amides is 1. The molecule has 1 aliphatic rings. The smallest absolute Gasteiger partial charge is 0.308 e. The van der Waals surface area contributed by atoms with Crippen molar-refractivity contribution in [3.05, 3.63) is 0 Å². The lowest BCUT2D eigenvalue weighted by molar-refractivity contribution is -0.145. The van der Waals surface area contributed by atoms with Gasteiger partial charge in [-0.15, -0.1) is 0 Å². The van der Waals surface area contributed by atoms with Crippen LogP contribution >= 0.6 is 0 Å². The molecule has 0 aromatic carbocycles. The normalized spacial score (nSPS) is 18.3. The Labute approximate surface area is 128 Å². The van der Waals surface area contributed by atoms with Crippen LogP contribution in [0.2, 0.25) is 0 Å². The van der Waals surface area contributed by atoms with Crippen molar-refractivity contribution >= 4 is 11.9 Å². The number of hydrogen-bond acceptors (Lipinski definition) is 2. The fourth-order valence-corrected chi connectivity index (χ4v) is 3.23. The fourth-order valence-electron chi connectivity index (χ4n) is 3.23. The van der Waals surface area contributed by atoms with Gasteiger partial charge in [-0.1, -0.05) is 46.5 Å². The molecule has 1 saturated carbocycles. The van der Waals surface area contributed by atoms with Crippen LogP contribution < -0.4 is 0 Å². The molecule has 1 atom stereocenters. The minimum Gasteiger partial charge on any atom is -0.481 e. The van der Waals surface area contributed by atoms with E-state index in [2.05, 4.69) is 0 Å². The standard InChI is InChI=1S/C17H31NO3/c1-4-14(5-2)16(19)18(12-13(3)17(20)21)15-10-8-6-7-9-11-15/h13-15H,4-12H2,1-3H3,(H,20,21). The third kappa shape index (κ3) is 5.33. The topological polar surface area (TPSA) is 57.6 Å². The third-order valence-electron chi connectivity index (χ3n) is 4.78. The van der Waals surface area contributed by atoms with Gasteiger partial charge < -0.3 is 10.0 Å². The summed E-state index contributed by atoms with van der Waals surface area (Å²) in [6.07, 6.45) is 8.49. The summed E-state index contributed by atoms with van der Waals surface area (Å²) >= 11 is 0. The quantitative estimate of drug-likeness (QED) is 0.729. The van der Waals surface area contributed by atoms with E-state index in [1.807, 2.05) is 18.7 Å². The first kappa shape index (κ1) is 18.0. The first-order valence-electron chi connectivity index (χ1n) is 8.54. The second-order valence-corrected chi connectivity index (χ2v) is 6.39. The number of carbonyl (C=O) groups excluding carboxylic acids is 1. The van der Waals surface area contributed by atoms with Crippen molar-refractivity contribution in [3.63, 3.8) is 0 Å². The van der Waals surface area contributed by atoms with Gasteiger partial charge in [0.25, 0.3) is 0 Å². The van der Waals surface area contributed by atoms with Crippen LogP contribution in [0, 0.1) is 11.8 Å². The number of carbonyl (C=O) groups is 2. The maximum absolute atomic E-state index is 12.8. The monoisotopic (exact) mass is 297 g/mol. The first-order valence-corrected chi connectivity index (χ1v) is 8.54. The Morgan fingerprint density at radius 3 is 2.05 bits per heavy atom. The zero-order valence-electron chi connectivity index (χ0n) is 13.8. The molecular formula is C17H31NO3. The Morgan fingerprint density at radius 2 is 1.62 bits per heavy atom. The molecule has 0 aromatic heterocycles. The average Bonchev–Trinajstić information content (AvgIpc) is 2.74. The summed E-state index contributed by atoms with van der Waals surface area (Å²) in [6, 6.07) is 0.238. The van der Waals surface area contributed by atoms with Crippen LogP contribution in [0.1, 0.15) is 72.1 Å². The molecule has 1 N–H and O–H groups in total. The molecule has 122 valence electrons. The summed E-state index contributed by atoms with van der Waals surface area (Å²) in [5.74, 6) is -1.10. The minimum absolute atomic E-state index is 0.0363. The highest BCUT2D eigenvalue weighted by Gasteiger charge is 2.30. The second kappa shape index (κ2) is 9.06. The van der Waals surface area contributed by atoms with Gasteiger partial charge in [0.05, 0.1) is 5.92 Å². The average molecular weight is 297 g/mol. The maximum atomic E-state index is 12.8. The highest BCUT2D eigenvalue weighted by atomic mass is 16.4. The van der Waals surface area contributed by atoms with E-state index in [4.69, 9.17) is 0 Å². The Bertz CT molecular complexity index is 331. The van der Waals surface area contributed by atoms with Crippen molar-refractivity contribution in [3.8, 4) is 0 Å². The molecule has 1 unspecified atom stereocenters. The van der Waals surface area contributed by atoms with E-state index >= 15 is 0 Å². The van der Waals surface area contributed by atoms with Gasteiger partial charge in [-0.05, 0) is 25.7 Å². The van der Waals surface area contributed by atoms with Crippen LogP contribution in [0.4, 0.5) is 0 Å². The summed E-state index contributed by atoms with van der Waals surface area (Å²) in [7, 11) is 0. The molecule has 0 bridgehead atoms. The lowest BCUT2D eigenvalue weighted by Crippen LogP contribution is -2.46. The van der Waals surface area contributed by atoms with E-state index in [-0.39, 0.29) is 17.9 Å². The molecule has 0 aliphatic heterocycles. The number of carboxylic acids is 1. The molecule has 1 amide bonds. The van der Waals surface area contributed by atoms with Gasteiger partial charge in [-0.3, -0.25) is 9.59 Å². The summed E-state index contributed by atoms with van der Waals surface area (Å²) in [4.78, 5) is 25.9. The third-order valence-corrected chi connectivity index (χ3v) is 4.78. The second-order valence-electron chi connectivity index (χ2n) is 6.39. The van der Waals surface area contributed by atoms with E-state index in [1.165, 1.54) is 12.8 Å². The van der Waals surface area contributed by atoms with E-state index in [9.17, 15) is 14.7 Å². The van der Waals surface area contributed by atoms with Crippen molar-refractivity contribution < 1.29 is 14.7 Å². The molecule has 21 heavy (non-hydrogen) atoms. The summed E-state index contributed by atoms with van der Waals surface area (Å²) in [6.45, 7) is 6.14. The number of carboxylic acid groups (broad SMARTS) is 1. The number of rotatable bonds is 7. The van der Waals surface area contributed by atoms with Gasteiger partial charge in [0.2, 0.25) is 5.91 Å². The van der Waals surface area contributed by atoms with E-state index in [0.717, 1.165) is 38.5 Å². The zero-order chi connectivity index (χ0) is 15.8. The molecule has 1 rings (SSSR count). The highest BCUT2D eigenvalue weighted by Crippen LogP contribution is 2.25. The predicted molar refractivity (Wildman–Crippen MR) is 84.1 cm³/mol. The van der Waals surface area contributed by atoms with E-state index in [1.54, 1.807) is 6.92 Å². The molecule has 4 heteroatoms. The van der Waals surface area contributed by atoms with Crippen LogP contribution in [0.3, 0.4) is 0 Å². The fraction of sp³-hybridized carbons (Fsp3) is 0.882. The van der Waals surface area contributed by atoms with Crippen molar-refractivity contribution in [2.45, 2.75) is 78.2 Å². The van der Waals surface area contributed by atoms with Gasteiger partial charge in [-0.2, -0.15) is 0 Å². The largest absolute Gasteiger partial charge is 0.481 e. The molecular weight excluding hydrogens is 266 g/mol. The maximum Gasteiger partial charge on any atom is 0.308 e. The lowest BCUT2D eigenvalue weighted by atomic mass is 9.97. The van der Waals surface area contributed by atoms with Crippen molar-refractivity contribution in [2.75, 3.05) is 6.54 Å². The Morgan fingerprint density at radius 1 is 1.10 bits per heavy atom. The van der Waals surface area contributed by atoms with Crippen LogP contribution in [0.15, 0.2) is 0 Å². The lowest BCUT2D eigenvalue weighted by Gasteiger charge is -2.35. The van der Waals surface area contributed by atoms with Gasteiger partial charge in [0.15, 0.2) is 0 Å². The molecule has 1 fully saturated rings. The molecule has 1 aliphatic carbocycles. The predicted octanol–water partition coefficient (Wildman–Crippen LogP) is 3.69. The minimum atomic E-state index is -0.814. The summed E-state index contributed by atoms with van der Waals surface area (Å²) in [5, 5.41) is 9.18. The molecule has 0 heterocycles. The van der Waals surface area contributed by atoms with Crippen LogP contribution in [0.25, 0.3) is 0 Å². The molecule has 0 radical (unpaired) electrons. The molecule has 0 aromatic rings.